The van der Waals surface area contributed by atoms with Crippen molar-refractivity contribution in [2.24, 2.45) is 5.92 Å². The Labute approximate surface area is 158 Å². The predicted octanol–water partition coefficient (Wildman–Crippen LogP) is 1.13. The number of hydrogen-bond acceptors (Lipinski definition) is 5. The number of piperidine rings is 1. The van der Waals surface area contributed by atoms with Gasteiger partial charge in [-0.1, -0.05) is 12.8 Å². The van der Waals surface area contributed by atoms with Crippen molar-refractivity contribution >= 4 is 29.5 Å². The van der Waals surface area contributed by atoms with Crippen LogP contribution in [-0.4, -0.2) is 76.0 Å². The second kappa shape index (κ2) is 8.17. The molecule has 0 aromatic rings. The number of thioether (sulfide) groups is 1. The van der Waals surface area contributed by atoms with Gasteiger partial charge in [-0.15, -0.1) is 0 Å². The first-order chi connectivity index (χ1) is 12.5. The molecule has 3 aliphatic rings. The maximum absolute atomic E-state index is 12.8. The maximum Gasteiger partial charge on any atom is 0.323 e. The van der Waals surface area contributed by atoms with Gasteiger partial charge in [0, 0.05) is 31.8 Å². The van der Waals surface area contributed by atoms with Crippen LogP contribution in [-0.2, 0) is 14.4 Å². The first kappa shape index (κ1) is 19.5. The second-order valence-electron chi connectivity index (χ2n) is 7.63. The van der Waals surface area contributed by atoms with E-state index in [0.717, 1.165) is 31.4 Å². The zero-order valence-corrected chi connectivity index (χ0v) is 16.2. The summed E-state index contributed by atoms with van der Waals surface area (Å²) in [6, 6.07) is -0.320. The Morgan fingerprint density at radius 2 is 1.92 bits per heavy atom. The van der Waals surface area contributed by atoms with Crippen molar-refractivity contribution in [2.45, 2.75) is 56.7 Å². The lowest BCUT2D eigenvalue weighted by Crippen LogP contribution is -2.60. The van der Waals surface area contributed by atoms with Gasteiger partial charge in [0.05, 0.1) is 11.7 Å². The van der Waals surface area contributed by atoms with E-state index in [1.165, 1.54) is 4.90 Å². The lowest BCUT2D eigenvalue weighted by Gasteiger charge is -2.44. The molecule has 0 bridgehead atoms. The third kappa shape index (κ3) is 3.86. The Bertz CT molecular complexity index is 557. The van der Waals surface area contributed by atoms with Crippen LogP contribution in [0, 0.1) is 5.92 Å². The number of aliphatic carboxylic acids is 1. The molecule has 2 amide bonds. The van der Waals surface area contributed by atoms with Crippen molar-refractivity contribution < 1.29 is 19.5 Å². The molecule has 26 heavy (non-hydrogen) atoms. The molecular formula is C18H29N3O4S. The van der Waals surface area contributed by atoms with Crippen LogP contribution in [0.2, 0.25) is 0 Å². The largest absolute Gasteiger partial charge is 0.480 e. The molecule has 3 fully saturated rings. The Morgan fingerprint density at radius 3 is 2.50 bits per heavy atom. The van der Waals surface area contributed by atoms with E-state index in [0.29, 0.717) is 32.4 Å². The van der Waals surface area contributed by atoms with E-state index in [9.17, 15) is 19.5 Å². The number of amides is 2. The van der Waals surface area contributed by atoms with Crippen LogP contribution in [0.25, 0.3) is 0 Å². The summed E-state index contributed by atoms with van der Waals surface area (Å²) in [5.74, 6) is 0.149. The highest BCUT2D eigenvalue weighted by atomic mass is 32.2. The third-order valence-electron chi connectivity index (χ3n) is 6.03. The average molecular weight is 384 g/mol. The first-order valence-corrected chi connectivity index (χ1v) is 10.9. The van der Waals surface area contributed by atoms with Crippen molar-refractivity contribution in [1.82, 2.24) is 15.1 Å². The highest BCUT2D eigenvalue weighted by Gasteiger charge is 2.52. The van der Waals surface area contributed by atoms with E-state index in [1.807, 2.05) is 11.2 Å². The molecule has 1 saturated carbocycles. The van der Waals surface area contributed by atoms with Crippen LogP contribution in [0.15, 0.2) is 0 Å². The zero-order valence-electron chi connectivity index (χ0n) is 15.4. The van der Waals surface area contributed by atoms with Crippen LogP contribution >= 0.6 is 11.8 Å². The van der Waals surface area contributed by atoms with E-state index in [1.54, 1.807) is 11.8 Å². The van der Waals surface area contributed by atoms with E-state index < -0.39 is 11.6 Å². The minimum Gasteiger partial charge on any atom is -0.480 e. The van der Waals surface area contributed by atoms with E-state index in [4.69, 9.17) is 0 Å². The molecule has 2 saturated heterocycles. The number of carbonyl (C=O) groups is 3. The van der Waals surface area contributed by atoms with Crippen molar-refractivity contribution in [3.63, 3.8) is 0 Å². The Balaban J connectivity index is 1.68. The number of carboxylic acid groups (broad SMARTS) is 1. The summed E-state index contributed by atoms with van der Waals surface area (Å²) < 4.78 is 0. The molecule has 0 aromatic heterocycles. The summed E-state index contributed by atoms with van der Waals surface area (Å²) in [5, 5.41) is 12.7. The van der Waals surface area contributed by atoms with Crippen LogP contribution < -0.4 is 5.32 Å². The Kier molecular flexibility index (Phi) is 6.12. The van der Waals surface area contributed by atoms with Gasteiger partial charge < -0.3 is 14.9 Å². The average Bonchev–Trinajstić information content (AvgIpc) is 3.24. The smallest absolute Gasteiger partial charge is 0.323 e. The molecule has 1 spiro atoms. The topological polar surface area (TPSA) is 90.0 Å². The standard InChI is InChI=1S/C18H29N3O4S/c1-26-11-6-14-17(25)21(12-15(22)23)18(19-14)7-9-20(10-8-18)16(24)13-4-2-3-5-13/h13-14,19H,2-12H2,1H3,(H,22,23). The molecule has 2 N–H and O–H groups in total. The number of nitrogens with one attached hydrogen (secondary N) is 1. The van der Waals surface area contributed by atoms with Gasteiger partial charge in [-0.2, -0.15) is 11.8 Å². The molecule has 7 nitrogen and oxygen atoms in total. The number of rotatable bonds is 6. The molecule has 146 valence electrons. The fourth-order valence-corrected chi connectivity index (χ4v) is 5.07. The summed E-state index contributed by atoms with van der Waals surface area (Å²) in [5.41, 5.74) is -0.620. The van der Waals surface area contributed by atoms with Crippen LogP contribution in [0.5, 0.6) is 0 Å². The summed E-state index contributed by atoms with van der Waals surface area (Å²) in [7, 11) is 0. The number of likely N-dealkylation sites (tertiary alicyclic amines) is 1. The zero-order chi connectivity index (χ0) is 18.7. The van der Waals surface area contributed by atoms with Crippen molar-refractivity contribution in [3.05, 3.63) is 0 Å². The van der Waals surface area contributed by atoms with Gasteiger partial charge in [0.1, 0.15) is 6.54 Å². The highest BCUT2D eigenvalue weighted by Crippen LogP contribution is 2.35. The van der Waals surface area contributed by atoms with E-state index in [-0.39, 0.29) is 30.3 Å². The van der Waals surface area contributed by atoms with Crippen molar-refractivity contribution in [1.29, 1.82) is 0 Å². The first-order valence-electron chi connectivity index (χ1n) is 9.55. The van der Waals surface area contributed by atoms with Gasteiger partial charge in [-0.05, 0) is 31.3 Å². The molecule has 0 aromatic carbocycles. The number of nitrogens with zero attached hydrogens (tertiary/aromatic N) is 2. The second-order valence-corrected chi connectivity index (χ2v) is 8.62. The fraction of sp³-hybridized carbons (Fsp3) is 0.833. The molecule has 2 aliphatic heterocycles. The van der Waals surface area contributed by atoms with Crippen LogP contribution in [0.4, 0.5) is 0 Å². The van der Waals surface area contributed by atoms with Crippen molar-refractivity contribution in [2.75, 3.05) is 31.6 Å². The fourth-order valence-electron chi connectivity index (χ4n) is 4.60. The highest BCUT2D eigenvalue weighted by molar-refractivity contribution is 7.98. The number of carbonyl (C=O) groups excluding carboxylic acids is 2. The minimum absolute atomic E-state index is 0.114. The quantitative estimate of drug-likeness (QED) is 0.715. The Hall–Kier alpha value is -1.28. The van der Waals surface area contributed by atoms with Gasteiger partial charge >= 0.3 is 5.97 Å². The molecule has 1 unspecified atom stereocenters. The molecule has 1 aliphatic carbocycles. The lowest BCUT2D eigenvalue weighted by atomic mass is 9.94. The normalized spacial score (nSPS) is 26.0. The van der Waals surface area contributed by atoms with Gasteiger partial charge in [-0.25, -0.2) is 0 Å². The van der Waals surface area contributed by atoms with Gasteiger partial charge in [-0.3, -0.25) is 19.7 Å². The van der Waals surface area contributed by atoms with E-state index in [2.05, 4.69) is 5.32 Å². The molecule has 0 radical (unpaired) electrons. The van der Waals surface area contributed by atoms with Crippen LogP contribution in [0.3, 0.4) is 0 Å². The van der Waals surface area contributed by atoms with Crippen LogP contribution in [0.1, 0.15) is 44.9 Å². The molecular weight excluding hydrogens is 354 g/mol. The predicted molar refractivity (Wildman–Crippen MR) is 99.8 cm³/mol. The SMILES string of the molecule is CSCCC1NC2(CCN(C(=O)C3CCCC3)CC2)N(CC(=O)O)C1=O. The van der Waals surface area contributed by atoms with Crippen molar-refractivity contribution in [3.8, 4) is 0 Å². The summed E-state index contributed by atoms with van der Waals surface area (Å²) in [4.78, 5) is 40.1. The molecule has 3 rings (SSSR count). The minimum atomic E-state index is -0.991. The Morgan fingerprint density at radius 1 is 1.27 bits per heavy atom. The molecule has 2 heterocycles. The lowest BCUT2D eigenvalue weighted by molar-refractivity contribution is -0.149. The summed E-state index contributed by atoms with van der Waals surface area (Å²) >= 11 is 1.68. The monoisotopic (exact) mass is 383 g/mol. The molecule has 8 heteroatoms. The van der Waals surface area contributed by atoms with Gasteiger partial charge in [0.2, 0.25) is 11.8 Å². The number of carboxylic acids is 1. The van der Waals surface area contributed by atoms with Gasteiger partial charge in [0.15, 0.2) is 0 Å². The maximum atomic E-state index is 12.8. The number of hydrogen-bond donors (Lipinski definition) is 2. The third-order valence-corrected chi connectivity index (χ3v) is 6.68. The summed E-state index contributed by atoms with van der Waals surface area (Å²) in [6.07, 6.45) is 8.13. The van der Waals surface area contributed by atoms with Gasteiger partial charge in [0.25, 0.3) is 0 Å². The summed E-state index contributed by atoms with van der Waals surface area (Å²) in [6.45, 7) is 0.889. The molecule has 1 atom stereocenters. The van der Waals surface area contributed by atoms with E-state index >= 15 is 0 Å².